The first kappa shape index (κ1) is 17.1. The van der Waals surface area contributed by atoms with Crippen molar-refractivity contribution in [3.05, 3.63) is 54.6 Å². The van der Waals surface area contributed by atoms with Crippen LogP contribution in [0.3, 0.4) is 0 Å². The van der Waals surface area contributed by atoms with Crippen LogP contribution in [-0.4, -0.2) is 39.4 Å². The molecule has 0 spiro atoms. The fraction of sp³-hybridized carbons (Fsp3) is 0.368. The number of hydrogen-bond donors (Lipinski definition) is 1. The van der Waals surface area contributed by atoms with Crippen molar-refractivity contribution in [1.82, 2.24) is 9.62 Å². The quantitative estimate of drug-likeness (QED) is 0.907. The molecule has 1 N–H and O–H groups in total. The fourth-order valence-electron chi connectivity index (χ4n) is 3.24. The molecule has 0 aromatic heterocycles. The van der Waals surface area contributed by atoms with E-state index < -0.39 is 10.0 Å². The van der Waals surface area contributed by atoms with Crippen LogP contribution >= 0.6 is 0 Å². The van der Waals surface area contributed by atoms with Gasteiger partial charge in [0, 0.05) is 13.1 Å². The highest BCUT2D eigenvalue weighted by Gasteiger charge is 2.29. The van der Waals surface area contributed by atoms with Crippen LogP contribution < -0.4 is 5.32 Å². The van der Waals surface area contributed by atoms with Gasteiger partial charge in [0.1, 0.15) is 0 Å². The Balaban J connectivity index is 1.74. The number of hydrogen-bond acceptors (Lipinski definition) is 3. The molecule has 1 heterocycles. The number of rotatable bonds is 5. The van der Waals surface area contributed by atoms with Crippen molar-refractivity contribution >= 4 is 10.0 Å². The third-order valence-electron chi connectivity index (χ3n) is 4.67. The molecule has 3 rings (SSSR count). The maximum atomic E-state index is 12.8. The summed E-state index contributed by atoms with van der Waals surface area (Å²) in [6.45, 7) is 2.17. The molecular weight excluding hydrogens is 320 g/mol. The third kappa shape index (κ3) is 3.69. The fourth-order valence-corrected chi connectivity index (χ4v) is 4.71. The highest BCUT2D eigenvalue weighted by Crippen LogP contribution is 2.26. The summed E-state index contributed by atoms with van der Waals surface area (Å²) in [6.07, 6.45) is 1.84. The van der Waals surface area contributed by atoms with Gasteiger partial charge in [-0.2, -0.15) is 4.31 Å². The van der Waals surface area contributed by atoms with Crippen molar-refractivity contribution in [1.29, 1.82) is 0 Å². The number of nitrogens with zero attached hydrogens (tertiary/aromatic N) is 1. The average molecular weight is 344 g/mol. The summed E-state index contributed by atoms with van der Waals surface area (Å²) in [5.74, 6) is 0.571. The first-order valence-electron chi connectivity index (χ1n) is 8.41. The Kier molecular flexibility index (Phi) is 5.33. The van der Waals surface area contributed by atoms with Crippen LogP contribution in [0.1, 0.15) is 12.8 Å². The summed E-state index contributed by atoms with van der Waals surface area (Å²) in [5.41, 5.74) is 2.12. The van der Waals surface area contributed by atoms with Crippen molar-refractivity contribution in [2.24, 2.45) is 5.92 Å². The maximum absolute atomic E-state index is 12.8. The highest BCUT2D eigenvalue weighted by atomic mass is 32.2. The van der Waals surface area contributed by atoms with Gasteiger partial charge in [0.2, 0.25) is 10.0 Å². The largest absolute Gasteiger partial charge is 0.319 e. The highest BCUT2D eigenvalue weighted by molar-refractivity contribution is 7.89. The molecular formula is C19H24N2O2S. The average Bonchev–Trinajstić information content (AvgIpc) is 2.63. The molecule has 4 nitrogen and oxygen atoms in total. The van der Waals surface area contributed by atoms with E-state index in [9.17, 15) is 8.42 Å². The molecule has 0 aliphatic carbocycles. The second kappa shape index (κ2) is 7.47. The Morgan fingerprint density at radius 3 is 2.12 bits per heavy atom. The van der Waals surface area contributed by atoms with Crippen molar-refractivity contribution in [3.63, 3.8) is 0 Å². The van der Waals surface area contributed by atoms with Crippen molar-refractivity contribution < 1.29 is 8.42 Å². The van der Waals surface area contributed by atoms with Crippen molar-refractivity contribution in [2.75, 3.05) is 26.7 Å². The second-order valence-electron chi connectivity index (χ2n) is 6.30. The Hall–Kier alpha value is -1.69. The minimum atomic E-state index is -3.39. The molecule has 2 aromatic rings. The van der Waals surface area contributed by atoms with Crippen LogP contribution in [0.5, 0.6) is 0 Å². The number of piperidine rings is 1. The molecule has 5 heteroatoms. The number of sulfonamides is 1. The van der Waals surface area contributed by atoms with Gasteiger partial charge < -0.3 is 5.32 Å². The summed E-state index contributed by atoms with van der Waals surface area (Å²) in [4.78, 5) is 0.384. The van der Waals surface area contributed by atoms with E-state index in [1.807, 2.05) is 49.5 Å². The number of nitrogens with one attached hydrogen (secondary N) is 1. The molecule has 24 heavy (non-hydrogen) atoms. The van der Waals surface area contributed by atoms with Gasteiger partial charge in [0.25, 0.3) is 0 Å². The monoisotopic (exact) mass is 344 g/mol. The minimum absolute atomic E-state index is 0.384. The van der Waals surface area contributed by atoms with Gasteiger partial charge in [-0.05, 0) is 55.6 Å². The van der Waals surface area contributed by atoms with E-state index in [2.05, 4.69) is 5.32 Å². The molecule has 1 fully saturated rings. The van der Waals surface area contributed by atoms with Crippen LogP contribution in [0.25, 0.3) is 11.1 Å². The topological polar surface area (TPSA) is 49.4 Å². The Morgan fingerprint density at radius 2 is 1.54 bits per heavy atom. The number of benzene rings is 2. The van der Waals surface area contributed by atoms with Gasteiger partial charge in [-0.1, -0.05) is 42.5 Å². The molecule has 2 aromatic carbocycles. The summed E-state index contributed by atoms with van der Waals surface area (Å²) >= 11 is 0. The van der Waals surface area contributed by atoms with Crippen molar-refractivity contribution in [3.8, 4) is 11.1 Å². The summed E-state index contributed by atoms with van der Waals surface area (Å²) < 4.78 is 27.2. The van der Waals surface area contributed by atoms with Crippen LogP contribution in [0.4, 0.5) is 0 Å². The van der Waals surface area contributed by atoms with Gasteiger partial charge in [-0.25, -0.2) is 8.42 Å². The van der Waals surface area contributed by atoms with E-state index in [0.29, 0.717) is 23.9 Å². The van der Waals surface area contributed by atoms with Gasteiger partial charge in [0.15, 0.2) is 0 Å². The lowest BCUT2D eigenvalue weighted by atomic mass is 9.98. The van der Waals surface area contributed by atoms with Gasteiger partial charge in [0.05, 0.1) is 4.90 Å². The van der Waals surface area contributed by atoms with Crippen LogP contribution in [0.2, 0.25) is 0 Å². The second-order valence-corrected chi connectivity index (χ2v) is 8.23. The molecule has 128 valence electrons. The van der Waals surface area contributed by atoms with Gasteiger partial charge >= 0.3 is 0 Å². The van der Waals surface area contributed by atoms with E-state index >= 15 is 0 Å². The molecule has 0 unspecified atom stereocenters. The lowest BCUT2D eigenvalue weighted by Crippen LogP contribution is -2.40. The first-order valence-corrected chi connectivity index (χ1v) is 9.85. The summed E-state index contributed by atoms with van der Waals surface area (Å²) in [5, 5.41) is 3.18. The molecule has 0 saturated carbocycles. The third-order valence-corrected chi connectivity index (χ3v) is 6.58. The molecule has 1 aliphatic rings. The molecule has 0 radical (unpaired) electrons. The molecule has 0 atom stereocenters. The molecule has 1 saturated heterocycles. The molecule has 0 bridgehead atoms. The predicted molar refractivity (Wildman–Crippen MR) is 97.3 cm³/mol. The normalized spacial score (nSPS) is 17.0. The molecule has 1 aliphatic heterocycles. The van der Waals surface area contributed by atoms with E-state index in [0.717, 1.165) is 30.5 Å². The van der Waals surface area contributed by atoms with E-state index in [1.165, 1.54) is 0 Å². The van der Waals surface area contributed by atoms with Crippen LogP contribution in [0.15, 0.2) is 59.5 Å². The maximum Gasteiger partial charge on any atom is 0.243 e. The predicted octanol–water partition coefficient (Wildman–Crippen LogP) is 2.97. The van der Waals surface area contributed by atoms with Crippen molar-refractivity contribution in [2.45, 2.75) is 17.7 Å². The molecule has 0 amide bonds. The smallest absolute Gasteiger partial charge is 0.243 e. The Bertz CT molecular complexity index is 750. The van der Waals surface area contributed by atoms with E-state index in [1.54, 1.807) is 16.4 Å². The lowest BCUT2D eigenvalue weighted by Gasteiger charge is -2.31. The zero-order valence-electron chi connectivity index (χ0n) is 14.0. The standard InChI is InChI=1S/C19H24N2O2S/c1-20-15-16-11-13-21(14-12-16)24(22,23)19-9-7-18(8-10-19)17-5-3-2-4-6-17/h2-10,16,20H,11-15H2,1H3. The minimum Gasteiger partial charge on any atom is -0.319 e. The van der Waals surface area contributed by atoms with Crippen LogP contribution in [-0.2, 0) is 10.0 Å². The summed E-state index contributed by atoms with van der Waals surface area (Å²) in [6, 6.07) is 17.2. The zero-order valence-corrected chi connectivity index (χ0v) is 14.8. The van der Waals surface area contributed by atoms with E-state index in [-0.39, 0.29) is 0 Å². The first-order chi connectivity index (χ1) is 11.6. The lowest BCUT2D eigenvalue weighted by molar-refractivity contribution is 0.270. The SMILES string of the molecule is CNCC1CCN(S(=O)(=O)c2ccc(-c3ccccc3)cc2)CC1. The van der Waals surface area contributed by atoms with Gasteiger partial charge in [-0.15, -0.1) is 0 Å². The Morgan fingerprint density at radius 1 is 0.958 bits per heavy atom. The zero-order chi connectivity index (χ0) is 17.0. The van der Waals surface area contributed by atoms with E-state index in [4.69, 9.17) is 0 Å². The Labute approximate surface area is 144 Å². The van der Waals surface area contributed by atoms with Crippen LogP contribution in [0, 0.1) is 5.92 Å². The van der Waals surface area contributed by atoms with Gasteiger partial charge in [-0.3, -0.25) is 0 Å². The summed E-state index contributed by atoms with van der Waals surface area (Å²) in [7, 11) is -1.44.